The maximum atomic E-state index is 5.33. The molecule has 354 valence electrons. The first-order valence-corrected chi connectivity index (χ1v) is 26.2. The lowest BCUT2D eigenvalue weighted by Gasteiger charge is -2.29. The molecule has 15 rings (SSSR count). The molecule has 2 aliphatic carbocycles. The molecule has 0 aliphatic heterocycles. The minimum Gasteiger partial charge on any atom is -0.278 e. The van der Waals surface area contributed by atoms with E-state index in [-0.39, 0.29) is 5.41 Å². The van der Waals surface area contributed by atoms with Gasteiger partial charge in [-0.15, -0.1) is 0 Å². The van der Waals surface area contributed by atoms with Gasteiger partial charge in [0, 0.05) is 5.69 Å². The molecule has 13 aromatic rings. The van der Waals surface area contributed by atoms with Crippen molar-refractivity contribution in [3.05, 3.63) is 248 Å². The molecule has 0 atom stereocenters. The molecule has 0 bridgehead atoms. The highest BCUT2D eigenvalue weighted by Crippen LogP contribution is 2.52. The third-order valence-corrected chi connectivity index (χ3v) is 16.1. The van der Waals surface area contributed by atoms with Gasteiger partial charge in [0.1, 0.15) is 0 Å². The Bertz CT molecular complexity index is 4520. The van der Waals surface area contributed by atoms with Gasteiger partial charge in [-0.2, -0.15) is 0 Å². The van der Waals surface area contributed by atoms with E-state index in [0.29, 0.717) is 0 Å². The lowest BCUT2D eigenvalue weighted by molar-refractivity contribution is 0.593. The smallest absolute Gasteiger partial charge is 0.220 e. The van der Waals surface area contributed by atoms with E-state index in [1.54, 1.807) is 0 Å². The number of fused-ring (bicyclic) bond motifs is 21. The third kappa shape index (κ3) is 6.51. The van der Waals surface area contributed by atoms with Gasteiger partial charge in [-0.3, -0.25) is 8.97 Å². The van der Waals surface area contributed by atoms with Gasteiger partial charge in [-0.25, -0.2) is 4.98 Å². The first-order chi connectivity index (χ1) is 36.8. The summed E-state index contributed by atoms with van der Waals surface area (Å²) in [6, 6.07) is 88.3. The fraction of sp³-hybridized carbons (Fsp3) is 0.0694. The van der Waals surface area contributed by atoms with Crippen molar-refractivity contribution >= 4 is 27.8 Å². The standard InChI is InChI=1S/C72H51N3/c1-44-19-17-34-68-70(44)73-71-74(66-32-15-16-33-67(66)75(68)71)47-37-40-62-55-25-10-13-28-58(55)64-42-46(36-39-61(64)56-26-11-14-29-59(56)65(62)43-47)49-31-18-30-48(69(49)72(2,3)4)45-35-38-60-54-24-8-7-22-52(54)50-20-5-6-21-51(50)53-23-9-12-27-57(53)63(60)41-45/h5-43H,1-4H3. The van der Waals surface area contributed by atoms with Crippen molar-refractivity contribution in [3.63, 3.8) is 0 Å². The summed E-state index contributed by atoms with van der Waals surface area (Å²) < 4.78 is 4.66. The number of hydrogen-bond acceptors (Lipinski definition) is 1. The number of aromatic nitrogens is 3. The summed E-state index contributed by atoms with van der Waals surface area (Å²) in [5, 5.41) is 0. The van der Waals surface area contributed by atoms with Crippen molar-refractivity contribution in [2.45, 2.75) is 33.1 Å². The van der Waals surface area contributed by atoms with Crippen molar-refractivity contribution in [1.29, 1.82) is 0 Å². The Kier molecular flexibility index (Phi) is 9.44. The zero-order valence-corrected chi connectivity index (χ0v) is 42.4. The fourth-order valence-electron chi connectivity index (χ4n) is 12.9. The van der Waals surface area contributed by atoms with Gasteiger partial charge in [0.2, 0.25) is 5.78 Å². The summed E-state index contributed by atoms with van der Waals surface area (Å²) in [5.41, 5.74) is 32.5. The van der Waals surface area contributed by atoms with E-state index >= 15 is 0 Å². The zero-order valence-electron chi connectivity index (χ0n) is 42.4. The molecule has 11 aromatic carbocycles. The van der Waals surface area contributed by atoms with Crippen molar-refractivity contribution < 1.29 is 0 Å². The van der Waals surface area contributed by atoms with E-state index in [0.717, 1.165) is 33.5 Å². The topological polar surface area (TPSA) is 22.2 Å². The molecule has 75 heavy (non-hydrogen) atoms. The van der Waals surface area contributed by atoms with Crippen LogP contribution in [0.3, 0.4) is 0 Å². The molecule has 0 radical (unpaired) electrons. The van der Waals surface area contributed by atoms with E-state index < -0.39 is 0 Å². The van der Waals surface area contributed by atoms with Crippen molar-refractivity contribution in [2.75, 3.05) is 0 Å². The SMILES string of the molecule is Cc1cccc2c1nc1n(-c3ccc4c(c3)-c3ccccc3-c3ccc(-c5cccc(-c6ccc7c(c6)-c6ccccc6-c6ccccc6-c6ccccc6-7)c5C(C)(C)C)cc3-c3ccccc3-4)c3ccccc3n21. The molecule has 0 saturated heterocycles. The molecule has 0 amide bonds. The van der Waals surface area contributed by atoms with Crippen LogP contribution in [0.1, 0.15) is 31.9 Å². The van der Waals surface area contributed by atoms with Crippen LogP contribution in [-0.2, 0) is 5.41 Å². The molecular weight excluding hydrogens is 907 g/mol. The lowest BCUT2D eigenvalue weighted by Crippen LogP contribution is -2.15. The molecule has 2 aliphatic rings. The van der Waals surface area contributed by atoms with Crippen LogP contribution in [0.15, 0.2) is 237 Å². The highest BCUT2D eigenvalue weighted by molar-refractivity contribution is 6.07. The van der Waals surface area contributed by atoms with Gasteiger partial charge < -0.3 is 0 Å². The average Bonchev–Trinajstić information content (AvgIpc) is 4.04. The normalized spacial score (nSPS) is 12.3. The largest absolute Gasteiger partial charge is 0.278 e. The Labute approximate surface area is 437 Å². The predicted molar refractivity (Wildman–Crippen MR) is 314 cm³/mol. The van der Waals surface area contributed by atoms with Crippen LogP contribution in [0.5, 0.6) is 0 Å². The van der Waals surface area contributed by atoms with E-state index in [2.05, 4.69) is 273 Å². The van der Waals surface area contributed by atoms with Crippen LogP contribution in [0.4, 0.5) is 0 Å². The summed E-state index contributed by atoms with van der Waals surface area (Å²) in [5.74, 6) is 0.913. The first-order valence-electron chi connectivity index (χ1n) is 26.2. The van der Waals surface area contributed by atoms with Crippen LogP contribution < -0.4 is 0 Å². The van der Waals surface area contributed by atoms with Crippen molar-refractivity contribution in [2.24, 2.45) is 0 Å². The number of hydrogen-bond donors (Lipinski definition) is 0. The molecular formula is C72H51N3. The highest BCUT2D eigenvalue weighted by atomic mass is 15.2. The third-order valence-electron chi connectivity index (χ3n) is 16.1. The number of aryl methyl sites for hydroxylation is 1. The Hall–Kier alpha value is -9.31. The fourth-order valence-corrected chi connectivity index (χ4v) is 12.9. The minimum absolute atomic E-state index is 0.191. The summed E-state index contributed by atoms with van der Waals surface area (Å²) >= 11 is 0. The Morgan fingerprint density at radius 2 is 0.653 bits per heavy atom. The van der Waals surface area contributed by atoms with Crippen LogP contribution in [0, 0.1) is 6.92 Å². The predicted octanol–water partition coefficient (Wildman–Crippen LogP) is 19.3. The van der Waals surface area contributed by atoms with Gasteiger partial charge in [-0.1, -0.05) is 215 Å². The van der Waals surface area contributed by atoms with Crippen LogP contribution >= 0.6 is 0 Å². The molecule has 0 unspecified atom stereocenters. The van der Waals surface area contributed by atoms with Crippen LogP contribution in [-0.4, -0.2) is 14.0 Å². The maximum absolute atomic E-state index is 5.33. The number of benzene rings is 11. The summed E-state index contributed by atoms with van der Waals surface area (Å²) in [4.78, 5) is 5.33. The van der Waals surface area contributed by atoms with E-state index in [1.165, 1.54) is 122 Å². The van der Waals surface area contributed by atoms with Crippen molar-refractivity contribution in [1.82, 2.24) is 14.0 Å². The molecule has 0 fully saturated rings. The van der Waals surface area contributed by atoms with E-state index in [4.69, 9.17) is 4.98 Å². The number of nitrogens with zero attached hydrogens (tertiary/aromatic N) is 3. The Morgan fingerprint density at radius 1 is 0.307 bits per heavy atom. The second-order valence-corrected chi connectivity index (χ2v) is 21.5. The van der Waals surface area contributed by atoms with Crippen LogP contribution in [0.25, 0.3) is 145 Å². The second-order valence-electron chi connectivity index (χ2n) is 21.5. The number of imidazole rings is 2. The summed E-state index contributed by atoms with van der Waals surface area (Å²) in [6.07, 6.45) is 0. The van der Waals surface area contributed by atoms with Gasteiger partial charge in [0.25, 0.3) is 0 Å². The number of para-hydroxylation sites is 3. The van der Waals surface area contributed by atoms with E-state index in [1.807, 2.05) is 0 Å². The monoisotopic (exact) mass is 957 g/mol. The molecule has 3 nitrogen and oxygen atoms in total. The second kappa shape index (κ2) is 16.3. The Morgan fingerprint density at radius 3 is 1.11 bits per heavy atom. The van der Waals surface area contributed by atoms with Crippen molar-refractivity contribution in [3.8, 4) is 117 Å². The molecule has 0 N–H and O–H groups in total. The average molecular weight is 958 g/mol. The molecule has 2 aromatic heterocycles. The van der Waals surface area contributed by atoms with Gasteiger partial charge in [0.15, 0.2) is 0 Å². The van der Waals surface area contributed by atoms with Gasteiger partial charge >= 0.3 is 0 Å². The first kappa shape index (κ1) is 43.3. The minimum atomic E-state index is -0.191. The van der Waals surface area contributed by atoms with Gasteiger partial charge in [0.05, 0.1) is 22.1 Å². The van der Waals surface area contributed by atoms with Crippen LogP contribution in [0.2, 0.25) is 0 Å². The van der Waals surface area contributed by atoms with E-state index in [9.17, 15) is 0 Å². The Balaban J connectivity index is 0.905. The molecule has 0 saturated carbocycles. The zero-order chi connectivity index (χ0) is 50.1. The molecule has 0 spiro atoms. The lowest BCUT2D eigenvalue weighted by atomic mass is 9.75. The summed E-state index contributed by atoms with van der Waals surface area (Å²) in [6.45, 7) is 9.26. The molecule has 3 heteroatoms. The quantitative estimate of drug-likeness (QED) is 0.173. The number of rotatable bonds is 3. The highest BCUT2D eigenvalue weighted by Gasteiger charge is 2.29. The van der Waals surface area contributed by atoms with Gasteiger partial charge in [-0.05, 0) is 177 Å². The maximum Gasteiger partial charge on any atom is 0.220 e. The molecule has 2 heterocycles. The summed E-state index contributed by atoms with van der Waals surface area (Å²) in [7, 11) is 0.